The van der Waals surface area contributed by atoms with Crippen molar-refractivity contribution in [1.29, 1.82) is 0 Å². The topological polar surface area (TPSA) is 81.4 Å². The predicted molar refractivity (Wildman–Crippen MR) is 77.7 cm³/mol. The van der Waals surface area contributed by atoms with Crippen LogP contribution in [0.2, 0.25) is 0 Å². The van der Waals surface area contributed by atoms with Gasteiger partial charge in [0, 0.05) is 17.7 Å². The van der Waals surface area contributed by atoms with Crippen molar-refractivity contribution in [2.24, 2.45) is 0 Å². The molecular formula is C15H16N2O4. The number of benzene rings is 1. The summed E-state index contributed by atoms with van der Waals surface area (Å²) in [6, 6.07) is 6.93. The van der Waals surface area contributed by atoms with Crippen molar-refractivity contribution in [3.8, 4) is 16.9 Å². The molecule has 0 atom stereocenters. The summed E-state index contributed by atoms with van der Waals surface area (Å²) >= 11 is 0. The van der Waals surface area contributed by atoms with E-state index in [1.807, 2.05) is 6.92 Å². The summed E-state index contributed by atoms with van der Waals surface area (Å²) in [6.45, 7) is 2.27. The molecule has 2 aromatic rings. The SMILES string of the molecule is CCCn1ncc(-c2ccccc2OC)c(C(=O)O)c1=O. The lowest BCUT2D eigenvalue weighted by Gasteiger charge is -2.12. The molecule has 0 spiro atoms. The van der Waals surface area contributed by atoms with Gasteiger partial charge in [-0.25, -0.2) is 9.48 Å². The van der Waals surface area contributed by atoms with Gasteiger partial charge in [0.05, 0.1) is 13.3 Å². The number of ether oxygens (including phenoxy) is 1. The van der Waals surface area contributed by atoms with Gasteiger partial charge in [-0.3, -0.25) is 4.79 Å². The highest BCUT2D eigenvalue weighted by molar-refractivity contribution is 5.96. The van der Waals surface area contributed by atoms with Gasteiger partial charge < -0.3 is 9.84 Å². The smallest absolute Gasteiger partial charge is 0.342 e. The van der Waals surface area contributed by atoms with E-state index in [0.29, 0.717) is 24.3 Å². The lowest BCUT2D eigenvalue weighted by Crippen LogP contribution is -2.29. The third-order valence-corrected chi connectivity index (χ3v) is 3.09. The first-order valence-electron chi connectivity index (χ1n) is 6.57. The molecular weight excluding hydrogens is 272 g/mol. The summed E-state index contributed by atoms with van der Waals surface area (Å²) in [5.74, 6) is -0.775. The van der Waals surface area contributed by atoms with Gasteiger partial charge >= 0.3 is 5.97 Å². The lowest BCUT2D eigenvalue weighted by atomic mass is 10.0. The Morgan fingerprint density at radius 3 is 2.67 bits per heavy atom. The van der Waals surface area contributed by atoms with Gasteiger partial charge in [-0.15, -0.1) is 0 Å². The summed E-state index contributed by atoms with van der Waals surface area (Å²) < 4.78 is 6.39. The standard InChI is InChI=1S/C15H16N2O4/c1-3-8-17-14(18)13(15(19)20)11(9-16-17)10-6-4-5-7-12(10)21-2/h4-7,9H,3,8H2,1-2H3,(H,19,20). The van der Waals surface area contributed by atoms with E-state index in [1.54, 1.807) is 24.3 Å². The zero-order chi connectivity index (χ0) is 15.4. The number of carboxylic acid groups (broad SMARTS) is 1. The summed E-state index contributed by atoms with van der Waals surface area (Å²) in [4.78, 5) is 23.8. The molecule has 1 aromatic carbocycles. The highest BCUT2D eigenvalue weighted by Crippen LogP contribution is 2.30. The number of hydrogen-bond donors (Lipinski definition) is 1. The van der Waals surface area contributed by atoms with E-state index < -0.39 is 11.5 Å². The van der Waals surface area contributed by atoms with Crippen molar-refractivity contribution < 1.29 is 14.6 Å². The number of para-hydroxylation sites is 1. The highest BCUT2D eigenvalue weighted by Gasteiger charge is 2.21. The number of hydrogen-bond acceptors (Lipinski definition) is 4. The van der Waals surface area contributed by atoms with Crippen LogP contribution in [0.15, 0.2) is 35.3 Å². The van der Waals surface area contributed by atoms with Crippen molar-refractivity contribution in [3.63, 3.8) is 0 Å². The molecule has 0 aliphatic heterocycles. The predicted octanol–water partition coefficient (Wildman–Crippen LogP) is 2.03. The Morgan fingerprint density at radius 2 is 2.05 bits per heavy atom. The fourth-order valence-corrected chi connectivity index (χ4v) is 2.14. The fraction of sp³-hybridized carbons (Fsp3) is 0.267. The number of carboxylic acids is 1. The summed E-state index contributed by atoms with van der Waals surface area (Å²) in [6.07, 6.45) is 2.10. The van der Waals surface area contributed by atoms with E-state index in [9.17, 15) is 14.7 Å². The molecule has 0 saturated heterocycles. The number of rotatable bonds is 5. The van der Waals surface area contributed by atoms with E-state index in [4.69, 9.17) is 4.74 Å². The van der Waals surface area contributed by atoms with Crippen molar-refractivity contribution in [3.05, 3.63) is 46.4 Å². The monoisotopic (exact) mass is 288 g/mol. The average Bonchev–Trinajstić information content (AvgIpc) is 2.48. The molecule has 0 aliphatic rings. The molecule has 110 valence electrons. The summed E-state index contributed by atoms with van der Waals surface area (Å²) in [7, 11) is 1.49. The largest absolute Gasteiger partial charge is 0.496 e. The molecule has 21 heavy (non-hydrogen) atoms. The van der Waals surface area contributed by atoms with Crippen LogP contribution in [-0.2, 0) is 6.54 Å². The minimum atomic E-state index is -1.27. The molecule has 6 heteroatoms. The molecule has 1 N–H and O–H groups in total. The third-order valence-electron chi connectivity index (χ3n) is 3.09. The Bertz CT molecular complexity index is 722. The molecule has 2 rings (SSSR count). The van der Waals surface area contributed by atoms with Gasteiger partial charge in [-0.05, 0) is 12.5 Å². The van der Waals surface area contributed by atoms with Crippen molar-refractivity contribution in [2.75, 3.05) is 7.11 Å². The van der Waals surface area contributed by atoms with Crippen LogP contribution in [0.1, 0.15) is 23.7 Å². The van der Waals surface area contributed by atoms with Gasteiger partial charge in [-0.1, -0.05) is 25.1 Å². The third kappa shape index (κ3) is 2.79. The molecule has 0 radical (unpaired) electrons. The van der Waals surface area contributed by atoms with Gasteiger partial charge in [0.1, 0.15) is 11.3 Å². The van der Waals surface area contributed by atoms with E-state index in [-0.39, 0.29) is 11.1 Å². The maximum atomic E-state index is 12.3. The summed E-state index contributed by atoms with van der Waals surface area (Å²) in [5.41, 5.74) is -0.0985. The van der Waals surface area contributed by atoms with Gasteiger partial charge in [0.25, 0.3) is 5.56 Å². The van der Waals surface area contributed by atoms with Crippen LogP contribution in [0.3, 0.4) is 0 Å². The first kappa shape index (κ1) is 14.8. The van der Waals surface area contributed by atoms with Crippen molar-refractivity contribution in [1.82, 2.24) is 9.78 Å². The molecule has 0 aliphatic carbocycles. The molecule has 1 aromatic heterocycles. The van der Waals surface area contributed by atoms with Gasteiger partial charge in [0.2, 0.25) is 0 Å². The van der Waals surface area contributed by atoms with E-state index >= 15 is 0 Å². The molecule has 1 heterocycles. The number of carbonyl (C=O) groups is 1. The van der Waals surface area contributed by atoms with E-state index in [0.717, 1.165) is 0 Å². The second kappa shape index (κ2) is 6.21. The number of nitrogens with zero attached hydrogens (tertiary/aromatic N) is 2. The van der Waals surface area contributed by atoms with E-state index in [2.05, 4.69) is 5.10 Å². The minimum absolute atomic E-state index is 0.261. The second-order valence-corrected chi connectivity index (χ2v) is 4.47. The van der Waals surface area contributed by atoms with Crippen LogP contribution >= 0.6 is 0 Å². The fourth-order valence-electron chi connectivity index (χ4n) is 2.14. The minimum Gasteiger partial charge on any atom is -0.496 e. The molecule has 6 nitrogen and oxygen atoms in total. The van der Waals surface area contributed by atoms with Crippen LogP contribution in [-0.4, -0.2) is 28.0 Å². The van der Waals surface area contributed by atoms with E-state index in [1.165, 1.54) is 18.0 Å². The number of aromatic nitrogens is 2. The molecule has 0 fully saturated rings. The van der Waals surface area contributed by atoms with Crippen LogP contribution in [0.4, 0.5) is 0 Å². The normalized spacial score (nSPS) is 10.4. The van der Waals surface area contributed by atoms with Gasteiger partial charge in [0.15, 0.2) is 0 Å². The quantitative estimate of drug-likeness (QED) is 0.910. The highest BCUT2D eigenvalue weighted by atomic mass is 16.5. The molecule has 0 bridgehead atoms. The Balaban J connectivity index is 2.72. The maximum absolute atomic E-state index is 12.3. The van der Waals surface area contributed by atoms with Crippen LogP contribution in [0, 0.1) is 0 Å². The zero-order valence-electron chi connectivity index (χ0n) is 11.9. The first-order valence-corrected chi connectivity index (χ1v) is 6.57. The van der Waals surface area contributed by atoms with Crippen LogP contribution in [0.25, 0.3) is 11.1 Å². The van der Waals surface area contributed by atoms with Gasteiger partial charge in [-0.2, -0.15) is 5.10 Å². The maximum Gasteiger partial charge on any atom is 0.342 e. The molecule has 0 amide bonds. The second-order valence-electron chi connectivity index (χ2n) is 4.47. The average molecular weight is 288 g/mol. The lowest BCUT2D eigenvalue weighted by molar-refractivity contribution is 0.0694. The molecule has 0 saturated carbocycles. The zero-order valence-corrected chi connectivity index (χ0v) is 11.9. The first-order chi connectivity index (χ1) is 10.1. The Kier molecular flexibility index (Phi) is 4.37. The Hall–Kier alpha value is -2.63. The Labute approximate surface area is 121 Å². The van der Waals surface area contributed by atoms with Crippen molar-refractivity contribution in [2.45, 2.75) is 19.9 Å². The van der Waals surface area contributed by atoms with Crippen LogP contribution < -0.4 is 10.3 Å². The summed E-state index contributed by atoms with van der Waals surface area (Å²) in [5, 5.41) is 13.4. The number of methoxy groups -OCH3 is 1. The van der Waals surface area contributed by atoms with Crippen LogP contribution in [0.5, 0.6) is 5.75 Å². The number of aryl methyl sites for hydroxylation is 1. The number of aromatic carboxylic acids is 1. The van der Waals surface area contributed by atoms with Crippen molar-refractivity contribution >= 4 is 5.97 Å². The molecule has 0 unspecified atom stereocenters. The Morgan fingerprint density at radius 1 is 1.33 bits per heavy atom.